The zero-order chi connectivity index (χ0) is 15.5. The van der Waals surface area contributed by atoms with E-state index in [-0.39, 0.29) is 6.04 Å². The molecule has 0 radical (unpaired) electrons. The summed E-state index contributed by atoms with van der Waals surface area (Å²) in [5, 5.41) is 3.30. The van der Waals surface area contributed by atoms with Gasteiger partial charge in [-0.15, -0.1) is 0 Å². The Bertz CT molecular complexity index is 593. The van der Waals surface area contributed by atoms with Gasteiger partial charge in [-0.3, -0.25) is 0 Å². The molecule has 1 nitrogen and oxygen atoms in total. The lowest BCUT2D eigenvalue weighted by atomic mass is 10.1. The normalized spacial score (nSPS) is 13.2. The second kappa shape index (κ2) is 6.62. The number of benzene rings is 2. The Morgan fingerprint density at radius 1 is 1.05 bits per heavy atom. The molecule has 112 valence electrons. The minimum Gasteiger partial charge on any atom is -0.306 e. The maximum absolute atomic E-state index is 12.5. The van der Waals surface area contributed by atoms with E-state index in [1.807, 2.05) is 31.2 Å². The average Bonchev–Trinajstić information content (AvgIpc) is 2.45. The smallest absolute Gasteiger partial charge is 0.306 e. The molecule has 0 aliphatic rings. The first kappa shape index (κ1) is 16.0. The lowest BCUT2D eigenvalue weighted by molar-refractivity contribution is -0.137. The Morgan fingerprint density at radius 3 is 2.24 bits per heavy atom. The highest BCUT2D eigenvalue weighted by atomic mass is 79.9. The van der Waals surface area contributed by atoms with E-state index in [0.717, 1.165) is 27.7 Å². The number of nitrogens with one attached hydrogen (secondary N) is 1. The third-order valence-corrected chi connectivity index (χ3v) is 3.99. The van der Waals surface area contributed by atoms with Crippen LogP contribution >= 0.6 is 15.9 Å². The van der Waals surface area contributed by atoms with Gasteiger partial charge in [0.1, 0.15) is 0 Å². The van der Waals surface area contributed by atoms with Crippen molar-refractivity contribution in [2.45, 2.75) is 25.7 Å². The second-order valence-electron chi connectivity index (χ2n) is 4.82. The van der Waals surface area contributed by atoms with Gasteiger partial charge in [-0.2, -0.15) is 13.2 Å². The molecule has 0 spiro atoms. The van der Waals surface area contributed by atoms with E-state index in [2.05, 4.69) is 21.2 Å². The Balaban J connectivity index is 1.99. The van der Waals surface area contributed by atoms with Crippen molar-refractivity contribution in [1.29, 1.82) is 0 Å². The Labute approximate surface area is 130 Å². The summed E-state index contributed by atoms with van der Waals surface area (Å²) in [6.45, 7) is 2.53. The minimum atomic E-state index is -4.28. The molecule has 21 heavy (non-hydrogen) atoms. The van der Waals surface area contributed by atoms with Crippen LogP contribution in [0, 0.1) is 0 Å². The Kier molecular flexibility index (Phi) is 5.06. The summed E-state index contributed by atoms with van der Waals surface area (Å²) in [6.07, 6.45) is -4.28. The van der Waals surface area contributed by atoms with Crippen molar-refractivity contribution in [2.24, 2.45) is 0 Å². The first-order chi connectivity index (χ1) is 9.88. The number of alkyl halides is 3. The summed E-state index contributed by atoms with van der Waals surface area (Å²) >= 11 is 3.49. The van der Waals surface area contributed by atoms with Crippen LogP contribution in [0.3, 0.4) is 0 Å². The number of rotatable bonds is 4. The molecule has 0 aliphatic carbocycles. The molecule has 5 heteroatoms. The molecule has 1 atom stereocenters. The van der Waals surface area contributed by atoms with Gasteiger partial charge >= 0.3 is 6.18 Å². The van der Waals surface area contributed by atoms with Crippen LogP contribution in [0.1, 0.15) is 29.7 Å². The maximum atomic E-state index is 12.5. The van der Waals surface area contributed by atoms with E-state index in [9.17, 15) is 13.2 Å². The van der Waals surface area contributed by atoms with Crippen LogP contribution in [0.25, 0.3) is 0 Å². The topological polar surface area (TPSA) is 12.0 Å². The monoisotopic (exact) mass is 357 g/mol. The van der Waals surface area contributed by atoms with Gasteiger partial charge in [-0.25, -0.2) is 0 Å². The average molecular weight is 358 g/mol. The van der Waals surface area contributed by atoms with Crippen molar-refractivity contribution in [2.75, 3.05) is 0 Å². The molecule has 0 bridgehead atoms. The van der Waals surface area contributed by atoms with Gasteiger partial charge in [0.15, 0.2) is 0 Å². The van der Waals surface area contributed by atoms with Gasteiger partial charge in [0.05, 0.1) is 5.56 Å². The molecule has 0 saturated heterocycles. The predicted octanol–water partition coefficient (Wildman–Crippen LogP) is 5.32. The van der Waals surface area contributed by atoms with Crippen LogP contribution in [0.15, 0.2) is 53.0 Å². The highest BCUT2D eigenvalue weighted by Gasteiger charge is 2.29. The molecule has 0 fully saturated rings. The molecule has 0 amide bonds. The molecule has 0 saturated carbocycles. The van der Waals surface area contributed by atoms with Crippen molar-refractivity contribution in [3.05, 3.63) is 69.7 Å². The molecule has 0 aromatic heterocycles. The van der Waals surface area contributed by atoms with Crippen LogP contribution in [0.4, 0.5) is 13.2 Å². The van der Waals surface area contributed by atoms with Crippen molar-refractivity contribution < 1.29 is 13.2 Å². The van der Waals surface area contributed by atoms with Gasteiger partial charge in [-0.1, -0.05) is 46.3 Å². The standard InChI is InChI=1S/C16H15BrF3N/c1-11(14-4-2-3-5-15(14)17)21-10-12-6-8-13(9-7-12)16(18,19)20/h2-9,11,21H,10H2,1H3/t11-/m1/s1. The quantitative estimate of drug-likeness (QED) is 0.780. The lowest BCUT2D eigenvalue weighted by Crippen LogP contribution is -2.18. The first-order valence-corrected chi connectivity index (χ1v) is 7.31. The van der Waals surface area contributed by atoms with Crippen LogP contribution in [-0.2, 0) is 12.7 Å². The number of hydrogen-bond donors (Lipinski definition) is 1. The summed E-state index contributed by atoms with van der Waals surface area (Å²) in [7, 11) is 0. The zero-order valence-electron chi connectivity index (χ0n) is 11.4. The highest BCUT2D eigenvalue weighted by molar-refractivity contribution is 9.10. The van der Waals surface area contributed by atoms with E-state index in [0.29, 0.717) is 6.54 Å². The largest absolute Gasteiger partial charge is 0.416 e. The highest BCUT2D eigenvalue weighted by Crippen LogP contribution is 2.29. The molecular weight excluding hydrogens is 343 g/mol. The summed E-state index contributed by atoms with van der Waals surface area (Å²) in [6, 6.07) is 13.2. The third kappa shape index (κ3) is 4.32. The predicted molar refractivity (Wildman–Crippen MR) is 80.8 cm³/mol. The molecule has 2 aromatic carbocycles. The number of halogens is 4. The van der Waals surface area contributed by atoms with Crippen molar-refractivity contribution in [3.8, 4) is 0 Å². The van der Waals surface area contributed by atoms with Crippen LogP contribution in [0.2, 0.25) is 0 Å². The first-order valence-electron chi connectivity index (χ1n) is 6.52. The summed E-state index contributed by atoms with van der Waals surface area (Å²) in [5.41, 5.74) is 1.32. The van der Waals surface area contributed by atoms with E-state index in [1.54, 1.807) is 0 Å². The molecule has 2 aromatic rings. The summed E-state index contributed by atoms with van der Waals surface area (Å²) in [5.74, 6) is 0. The van der Waals surface area contributed by atoms with Gasteiger partial charge in [0, 0.05) is 17.1 Å². The molecule has 2 rings (SSSR count). The van der Waals surface area contributed by atoms with Crippen molar-refractivity contribution >= 4 is 15.9 Å². The van der Waals surface area contributed by atoms with E-state index >= 15 is 0 Å². The summed E-state index contributed by atoms with van der Waals surface area (Å²) < 4.78 is 38.4. The summed E-state index contributed by atoms with van der Waals surface area (Å²) in [4.78, 5) is 0. The number of hydrogen-bond acceptors (Lipinski definition) is 1. The lowest BCUT2D eigenvalue weighted by Gasteiger charge is -2.16. The van der Waals surface area contributed by atoms with Gasteiger partial charge in [0.25, 0.3) is 0 Å². The zero-order valence-corrected chi connectivity index (χ0v) is 13.0. The Hall–Kier alpha value is -1.33. The molecule has 0 unspecified atom stereocenters. The second-order valence-corrected chi connectivity index (χ2v) is 5.67. The third-order valence-electron chi connectivity index (χ3n) is 3.27. The van der Waals surface area contributed by atoms with E-state index in [1.165, 1.54) is 12.1 Å². The van der Waals surface area contributed by atoms with Gasteiger partial charge in [-0.05, 0) is 36.2 Å². The van der Waals surface area contributed by atoms with Crippen molar-refractivity contribution in [3.63, 3.8) is 0 Å². The fourth-order valence-electron chi connectivity index (χ4n) is 2.02. The maximum Gasteiger partial charge on any atom is 0.416 e. The van der Waals surface area contributed by atoms with Crippen LogP contribution < -0.4 is 5.32 Å². The van der Waals surface area contributed by atoms with E-state index in [4.69, 9.17) is 0 Å². The van der Waals surface area contributed by atoms with E-state index < -0.39 is 11.7 Å². The van der Waals surface area contributed by atoms with Gasteiger partial charge in [0.2, 0.25) is 0 Å². The molecular formula is C16H15BrF3N. The Morgan fingerprint density at radius 2 is 1.67 bits per heavy atom. The molecule has 1 N–H and O–H groups in total. The van der Waals surface area contributed by atoms with Gasteiger partial charge < -0.3 is 5.32 Å². The fourth-order valence-corrected chi connectivity index (χ4v) is 2.65. The SMILES string of the molecule is C[C@@H](NCc1ccc(C(F)(F)F)cc1)c1ccccc1Br. The molecule has 0 aliphatic heterocycles. The van der Waals surface area contributed by atoms with Crippen LogP contribution in [0.5, 0.6) is 0 Å². The van der Waals surface area contributed by atoms with Crippen LogP contribution in [-0.4, -0.2) is 0 Å². The minimum absolute atomic E-state index is 0.0999. The van der Waals surface area contributed by atoms with Crippen molar-refractivity contribution in [1.82, 2.24) is 5.32 Å². The molecule has 0 heterocycles. The fraction of sp³-hybridized carbons (Fsp3) is 0.250.